The van der Waals surface area contributed by atoms with Crippen LogP contribution in [0.2, 0.25) is 0 Å². The highest BCUT2D eigenvalue weighted by atomic mass is 32.2. The Morgan fingerprint density at radius 1 is 1.58 bits per heavy atom. The standard InChI is InChI=1S/C11H19N3O4S/c15-19(16,11-4-6-12-14-11)13-5-2-7-17-9-10-3-1-8-18-10/h4,6,10,13H,1-3,5,7-9H2,(H,12,14). The third kappa shape index (κ3) is 4.57. The smallest absolute Gasteiger partial charge is 0.257 e. The van der Waals surface area contributed by atoms with E-state index in [0.717, 1.165) is 19.4 Å². The van der Waals surface area contributed by atoms with Gasteiger partial charge in [-0.2, -0.15) is 5.10 Å². The summed E-state index contributed by atoms with van der Waals surface area (Å²) in [4.78, 5) is 0. The van der Waals surface area contributed by atoms with E-state index in [4.69, 9.17) is 9.47 Å². The summed E-state index contributed by atoms with van der Waals surface area (Å²) in [5.74, 6) is 0. The Morgan fingerprint density at radius 2 is 2.47 bits per heavy atom. The van der Waals surface area contributed by atoms with E-state index < -0.39 is 10.0 Å². The molecule has 1 aromatic rings. The SMILES string of the molecule is O=S(=O)(NCCCOCC1CCCO1)c1ccn[nH]1. The molecule has 1 aromatic heterocycles. The van der Waals surface area contributed by atoms with Gasteiger partial charge in [0.15, 0.2) is 5.03 Å². The molecule has 19 heavy (non-hydrogen) atoms. The number of sulfonamides is 1. The van der Waals surface area contributed by atoms with Crippen molar-refractivity contribution in [2.24, 2.45) is 0 Å². The lowest BCUT2D eigenvalue weighted by Crippen LogP contribution is -2.26. The zero-order valence-corrected chi connectivity index (χ0v) is 11.5. The van der Waals surface area contributed by atoms with Crippen LogP contribution in [0, 0.1) is 0 Å². The van der Waals surface area contributed by atoms with Crippen LogP contribution < -0.4 is 4.72 Å². The molecule has 8 heteroatoms. The number of hydrogen-bond acceptors (Lipinski definition) is 5. The van der Waals surface area contributed by atoms with Gasteiger partial charge in [-0.3, -0.25) is 5.10 Å². The third-order valence-corrected chi connectivity index (χ3v) is 4.24. The summed E-state index contributed by atoms with van der Waals surface area (Å²) in [6, 6.07) is 1.41. The molecule has 2 rings (SSSR count). The molecule has 1 aliphatic rings. The van der Waals surface area contributed by atoms with Gasteiger partial charge in [-0.25, -0.2) is 13.1 Å². The highest BCUT2D eigenvalue weighted by Gasteiger charge is 2.16. The number of H-pyrrole nitrogens is 1. The van der Waals surface area contributed by atoms with Crippen molar-refractivity contribution in [1.82, 2.24) is 14.9 Å². The second-order valence-electron chi connectivity index (χ2n) is 4.38. The third-order valence-electron chi connectivity index (χ3n) is 2.85. The Kier molecular flexibility index (Phi) is 5.32. The van der Waals surface area contributed by atoms with Crippen LogP contribution >= 0.6 is 0 Å². The predicted octanol–water partition coefficient (Wildman–Crippen LogP) is 0.274. The summed E-state index contributed by atoms with van der Waals surface area (Å²) in [7, 11) is -3.47. The van der Waals surface area contributed by atoms with Crippen molar-refractivity contribution < 1.29 is 17.9 Å². The first-order valence-corrected chi connectivity index (χ1v) is 7.85. The van der Waals surface area contributed by atoms with Gasteiger partial charge in [0, 0.05) is 19.8 Å². The summed E-state index contributed by atoms with van der Waals surface area (Å²) in [5, 5.41) is 6.10. The second-order valence-corrected chi connectivity index (χ2v) is 6.12. The number of hydrogen-bond donors (Lipinski definition) is 2. The summed E-state index contributed by atoms with van der Waals surface area (Å²) in [5.41, 5.74) is 0. The van der Waals surface area contributed by atoms with Gasteiger partial charge >= 0.3 is 0 Å². The largest absolute Gasteiger partial charge is 0.379 e. The Morgan fingerprint density at radius 3 is 3.16 bits per heavy atom. The molecule has 2 N–H and O–H groups in total. The lowest BCUT2D eigenvalue weighted by atomic mass is 10.2. The van der Waals surface area contributed by atoms with Crippen LogP contribution in [-0.2, 0) is 19.5 Å². The zero-order valence-electron chi connectivity index (χ0n) is 10.7. The van der Waals surface area contributed by atoms with Crippen LogP contribution in [0.15, 0.2) is 17.3 Å². The fourth-order valence-electron chi connectivity index (χ4n) is 1.84. The number of aromatic nitrogens is 2. The molecule has 0 bridgehead atoms. The predicted molar refractivity (Wildman–Crippen MR) is 68.2 cm³/mol. The first kappa shape index (κ1) is 14.4. The van der Waals surface area contributed by atoms with Crippen molar-refractivity contribution >= 4 is 10.0 Å². The molecule has 1 aliphatic heterocycles. The molecular weight excluding hydrogens is 270 g/mol. The van der Waals surface area contributed by atoms with E-state index >= 15 is 0 Å². The maximum Gasteiger partial charge on any atom is 0.257 e. The maximum absolute atomic E-state index is 11.7. The number of nitrogens with one attached hydrogen (secondary N) is 2. The molecule has 7 nitrogen and oxygen atoms in total. The average molecular weight is 289 g/mol. The van der Waals surface area contributed by atoms with E-state index in [9.17, 15) is 8.42 Å². The van der Waals surface area contributed by atoms with Gasteiger partial charge in [0.05, 0.1) is 18.9 Å². The highest BCUT2D eigenvalue weighted by molar-refractivity contribution is 7.89. The first-order valence-electron chi connectivity index (χ1n) is 6.37. The fourth-order valence-corrected chi connectivity index (χ4v) is 2.82. The zero-order chi connectivity index (χ0) is 13.6. The van der Waals surface area contributed by atoms with Gasteiger partial charge in [-0.15, -0.1) is 0 Å². The van der Waals surface area contributed by atoms with Gasteiger partial charge in [0.25, 0.3) is 10.0 Å². The Hall–Kier alpha value is -0.960. The minimum Gasteiger partial charge on any atom is -0.379 e. The molecule has 1 saturated heterocycles. The lowest BCUT2D eigenvalue weighted by molar-refractivity contribution is 0.0169. The van der Waals surface area contributed by atoms with E-state index in [1.54, 1.807) is 0 Å². The quantitative estimate of drug-likeness (QED) is 0.670. The van der Waals surface area contributed by atoms with Gasteiger partial charge < -0.3 is 9.47 Å². The second kappa shape index (κ2) is 6.99. The molecule has 0 amide bonds. The lowest BCUT2D eigenvalue weighted by Gasteiger charge is -2.10. The summed E-state index contributed by atoms with van der Waals surface area (Å²) in [6.07, 6.45) is 4.38. The van der Waals surface area contributed by atoms with Crippen molar-refractivity contribution in [3.63, 3.8) is 0 Å². The van der Waals surface area contributed by atoms with Crippen LogP contribution in [0.5, 0.6) is 0 Å². The highest BCUT2D eigenvalue weighted by Crippen LogP contribution is 2.11. The molecule has 0 aliphatic carbocycles. The number of rotatable bonds is 8. The first-order chi connectivity index (χ1) is 9.18. The van der Waals surface area contributed by atoms with E-state index in [-0.39, 0.29) is 11.1 Å². The van der Waals surface area contributed by atoms with Crippen LogP contribution in [0.4, 0.5) is 0 Å². The van der Waals surface area contributed by atoms with Crippen molar-refractivity contribution in [3.05, 3.63) is 12.3 Å². The van der Waals surface area contributed by atoms with E-state index in [1.807, 2.05) is 0 Å². The maximum atomic E-state index is 11.7. The van der Waals surface area contributed by atoms with E-state index in [0.29, 0.717) is 26.2 Å². The van der Waals surface area contributed by atoms with Gasteiger partial charge in [0.2, 0.25) is 0 Å². The molecule has 1 unspecified atom stereocenters. The fraction of sp³-hybridized carbons (Fsp3) is 0.727. The van der Waals surface area contributed by atoms with Crippen LogP contribution in [-0.4, -0.2) is 51.1 Å². The molecule has 1 fully saturated rings. The Labute approximate surface area is 112 Å². The summed E-state index contributed by atoms with van der Waals surface area (Å²) >= 11 is 0. The molecule has 1 atom stereocenters. The molecular formula is C11H19N3O4S. The van der Waals surface area contributed by atoms with E-state index in [2.05, 4.69) is 14.9 Å². The van der Waals surface area contributed by atoms with Crippen LogP contribution in [0.3, 0.4) is 0 Å². The number of ether oxygens (including phenoxy) is 2. The van der Waals surface area contributed by atoms with Crippen molar-refractivity contribution in [1.29, 1.82) is 0 Å². The van der Waals surface area contributed by atoms with Gasteiger partial charge in [-0.05, 0) is 25.3 Å². The molecule has 0 aromatic carbocycles. The van der Waals surface area contributed by atoms with Crippen molar-refractivity contribution in [2.75, 3.05) is 26.4 Å². The van der Waals surface area contributed by atoms with Crippen LogP contribution in [0.25, 0.3) is 0 Å². The van der Waals surface area contributed by atoms with Gasteiger partial charge in [0.1, 0.15) is 0 Å². The summed E-state index contributed by atoms with van der Waals surface area (Å²) in [6.45, 7) is 2.27. The minimum absolute atomic E-state index is 0.0766. The molecule has 108 valence electrons. The Bertz CT molecular complexity index is 454. The minimum atomic E-state index is -3.47. The molecule has 0 spiro atoms. The molecule has 0 saturated carbocycles. The van der Waals surface area contributed by atoms with E-state index in [1.165, 1.54) is 12.3 Å². The monoisotopic (exact) mass is 289 g/mol. The van der Waals surface area contributed by atoms with Crippen LogP contribution in [0.1, 0.15) is 19.3 Å². The molecule has 0 radical (unpaired) electrons. The topological polar surface area (TPSA) is 93.3 Å². The van der Waals surface area contributed by atoms with Crippen molar-refractivity contribution in [2.45, 2.75) is 30.4 Å². The van der Waals surface area contributed by atoms with Gasteiger partial charge in [-0.1, -0.05) is 0 Å². The number of nitrogens with zero attached hydrogens (tertiary/aromatic N) is 1. The summed E-state index contributed by atoms with van der Waals surface area (Å²) < 4.78 is 36.7. The number of aromatic amines is 1. The molecule has 2 heterocycles. The normalized spacial score (nSPS) is 19.9. The Balaban J connectivity index is 1.56. The average Bonchev–Trinajstić information content (AvgIpc) is 3.05. The van der Waals surface area contributed by atoms with Crippen molar-refractivity contribution in [3.8, 4) is 0 Å².